The topological polar surface area (TPSA) is 30.0 Å². The van der Waals surface area contributed by atoms with Crippen molar-refractivity contribution in [3.63, 3.8) is 0 Å². The quantitative estimate of drug-likeness (QED) is 0.741. The molecule has 2 aromatic heterocycles. The molecular formula is C8H4ClNOS2. The highest BCUT2D eigenvalue weighted by Crippen LogP contribution is 2.23. The zero-order valence-electron chi connectivity index (χ0n) is 6.36. The highest BCUT2D eigenvalue weighted by Gasteiger charge is 2.12. The fourth-order valence-electron chi connectivity index (χ4n) is 0.887. The maximum atomic E-state index is 11.6. The van der Waals surface area contributed by atoms with E-state index in [9.17, 15) is 4.79 Å². The van der Waals surface area contributed by atoms with Crippen molar-refractivity contribution in [1.29, 1.82) is 0 Å². The second kappa shape index (κ2) is 3.57. The van der Waals surface area contributed by atoms with Crippen molar-refractivity contribution in [3.8, 4) is 0 Å². The molecule has 0 radical (unpaired) electrons. The molecule has 0 aliphatic heterocycles. The zero-order valence-corrected chi connectivity index (χ0v) is 8.75. The second-order valence-electron chi connectivity index (χ2n) is 2.31. The molecule has 0 amide bonds. The Kier molecular flexibility index (Phi) is 2.44. The number of aromatic nitrogens is 1. The average molecular weight is 230 g/mol. The van der Waals surface area contributed by atoms with Gasteiger partial charge in [0.1, 0.15) is 5.69 Å². The van der Waals surface area contributed by atoms with Crippen LogP contribution in [0.3, 0.4) is 0 Å². The Morgan fingerprint density at radius 1 is 1.46 bits per heavy atom. The molecule has 66 valence electrons. The normalized spacial score (nSPS) is 10.2. The van der Waals surface area contributed by atoms with Gasteiger partial charge >= 0.3 is 0 Å². The van der Waals surface area contributed by atoms with Gasteiger partial charge in [-0.15, -0.1) is 22.7 Å². The molecule has 0 aromatic carbocycles. The Morgan fingerprint density at radius 2 is 2.31 bits per heavy atom. The summed E-state index contributed by atoms with van der Waals surface area (Å²) in [6, 6.07) is 3.43. The Bertz CT molecular complexity index is 421. The number of ketones is 1. The largest absolute Gasteiger partial charge is 0.286 e. The van der Waals surface area contributed by atoms with Crippen molar-refractivity contribution in [1.82, 2.24) is 4.98 Å². The molecule has 2 heterocycles. The van der Waals surface area contributed by atoms with Crippen LogP contribution >= 0.6 is 34.3 Å². The summed E-state index contributed by atoms with van der Waals surface area (Å²) in [7, 11) is 0. The maximum absolute atomic E-state index is 11.6. The summed E-state index contributed by atoms with van der Waals surface area (Å²) >= 11 is 8.40. The Morgan fingerprint density at radius 3 is 2.85 bits per heavy atom. The summed E-state index contributed by atoms with van der Waals surface area (Å²) in [5.41, 5.74) is 2.13. The van der Waals surface area contributed by atoms with Gasteiger partial charge < -0.3 is 0 Å². The summed E-state index contributed by atoms with van der Waals surface area (Å²) in [4.78, 5) is 16.2. The van der Waals surface area contributed by atoms with Crippen LogP contribution in [0.4, 0.5) is 0 Å². The number of hydrogen-bond donors (Lipinski definition) is 0. The number of halogens is 1. The molecule has 0 atom stereocenters. The highest BCUT2D eigenvalue weighted by molar-refractivity contribution is 7.18. The van der Waals surface area contributed by atoms with Gasteiger partial charge in [-0.25, -0.2) is 4.98 Å². The molecule has 2 rings (SSSR count). The van der Waals surface area contributed by atoms with Gasteiger partial charge in [-0.3, -0.25) is 4.79 Å². The lowest BCUT2D eigenvalue weighted by Gasteiger charge is -1.89. The standard InChI is InChI=1S/C8H4ClNOS2/c9-7-2-1-6(13-7)8(11)5-3-12-4-10-5/h1-4H. The third kappa shape index (κ3) is 1.80. The Labute approximate surface area is 87.8 Å². The van der Waals surface area contributed by atoms with Gasteiger partial charge in [-0.05, 0) is 12.1 Å². The van der Waals surface area contributed by atoms with E-state index >= 15 is 0 Å². The molecule has 0 saturated heterocycles. The summed E-state index contributed by atoms with van der Waals surface area (Å²) in [5.74, 6) is -0.0573. The van der Waals surface area contributed by atoms with Crippen LogP contribution in [0.15, 0.2) is 23.0 Å². The highest BCUT2D eigenvalue weighted by atomic mass is 35.5. The second-order valence-corrected chi connectivity index (χ2v) is 4.74. The van der Waals surface area contributed by atoms with Crippen molar-refractivity contribution in [2.75, 3.05) is 0 Å². The van der Waals surface area contributed by atoms with E-state index in [-0.39, 0.29) is 5.78 Å². The van der Waals surface area contributed by atoms with Crippen molar-refractivity contribution >= 4 is 40.1 Å². The summed E-state index contributed by atoms with van der Waals surface area (Å²) in [5, 5.41) is 1.73. The lowest BCUT2D eigenvalue weighted by Crippen LogP contribution is -1.97. The molecule has 2 nitrogen and oxygen atoms in total. The zero-order chi connectivity index (χ0) is 9.26. The van der Waals surface area contributed by atoms with Gasteiger partial charge in [0.2, 0.25) is 5.78 Å². The molecule has 0 unspecified atom stereocenters. The van der Waals surface area contributed by atoms with Gasteiger partial charge in [0, 0.05) is 5.38 Å². The van der Waals surface area contributed by atoms with Crippen LogP contribution in [-0.2, 0) is 0 Å². The lowest BCUT2D eigenvalue weighted by atomic mass is 10.3. The molecule has 0 aliphatic rings. The van der Waals surface area contributed by atoms with E-state index in [1.807, 2.05) is 0 Å². The third-order valence-electron chi connectivity index (χ3n) is 1.46. The van der Waals surface area contributed by atoms with E-state index in [1.165, 1.54) is 22.7 Å². The van der Waals surface area contributed by atoms with Crippen LogP contribution in [0.2, 0.25) is 4.34 Å². The van der Waals surface area contributed by atoms with Crippen molar-refractivity contribution < 1.29 is 4.79 Å². The first kappa shape index (κ1) is 8.87. The summed E-state index contributed by atoms with van der Waals surface area (Å²) in [6.07, 6.45) is 0. The molecule has 2 aromatic rings. The van der Waals surface area contributed by atoms with E-state index in [1.54, 1.807) is 23.0 Å². The fourth-order valence-corrected chi connectivity index (χ4v) is 2.41. The predicted octanol–water partition coefficient (Wildman–Crippen LogP) is 3.09. The number of carbonyl (C=O) groups excluding carboxylic acids is 1. The molecular weight excluding hydrogens is 226 g/mol. The van der Waals surface area contributed by atoms with Crippen LogP contribution in [0.25, 0.3) is 0 Å². The Hall–Kier alpha value is -0.710. The molecule has 5 heteroatoms. The molecule has 0 aliphatic carbocycles. The monoisotopic (exact) mass is 229 g/mol. The number of hydrogen-bond acceptors (Lipinski definition) is 4. The first-order valence-corrected chi connectivity index (χ1v) is 5.59. The Balaban J connectivity index is 2.33. The molecule has 13 heavy (non-hydrogen) atoms. The van der Waals surface area contributed by atoms with Crippen LogP contribution in [-0.4, -0.2) is 10.8 Å². The van der Waals surface area contributed by atoms with Crippen molar-refractivity contribution in [2.45, 2.75) is 0 Å². The van der Waals surface area contributed by atoms with E-state index in [4.69, 9.17) is 11.6 Å². The smallest absolute Gasteiger partial charge is 0.222 e. The van der Waals surface area contributed by atoms with Gasteiger partial charge in [0.15, 0.2) is 0 Å². The van der Waals surface area contributed by atoms with E-state index < -0.39 is 0 Å². The lowest BCUT2D eigenvalue weighted by molar-refractivity contribution is 0.103. The number of thiazole rings is 1. The third-order valence-corrected chi connectivity index (χ3v) is 3.28. The molecule has 0 N–H and O–H groups in total. The molecule has 0 saturated carbocycles. The van der Waals surface area contributed by atoms with Crippen molar-refractivity contribution in [2.24, 2.45) is 0 Å². The van der Waals surface area contributed by atoms with Crippen LogP contribution in [0, 0.1) is 0 Å². The first-order valence-electron chi connectivity index (χ1n) is 3.45. The maximum Gasteiger partial charge on any atom is 0.222 e. The minimum Gasteiger partial charge on any atom is -0.286 e. The fraction of sp³-hybridized carbons (Fsp3) is 0. The van der Waals surface area contributed by atoms with Gasteiger partial charge in [-0.2, -0.15) is 0 Å². The average Bonchev–Trinajstić information content (AvgIpc) is 2.72. The summed E-state index contributed by atoms with van der Waals surface area (Å²) < 4.78 is 0.624. The van der Waals surface area contributed by atoms with E-state index in [2.05, 4.69) is 4.98 Å². The molecule has 0 fully saturated rings. The van der Waals surface area contributed by atoms with Crippen LogP contribution in [0.1, 0.15) is 15.4 Å². The minimum atomic E-state index is -0.0573. The van der Waals surface area contributed by atoms with Gasteiger partial charge in [0.25, 0.3) is 0 Å². The van der Waals surface area contributed by atoms with E-state index in [0.29, 0.717) is 14.9 Å². The molecule has 0 bridgehead atoms. The molecule has 0 spiro atoms. The van der Waals surface area contributed by atoms with Crippen LogP contribution < -0.4 is 0 Å². The number of thiophene rings is 1. The minimum absolute atomic E-state index is 0.0573. The van der Waals surface area contributed by atoms with Crippen LogP contribution in [0.5, 0.6) is 0 Å². The van der Waals surface area contributed by atoms with Gasteiger partial charge in [-0.1, -0.05) is 11.6 Å². The summed E-state index contributed by atoms with van der Waals surface area (Å²) in [6.45, 7) is 0. The van der Waals surface area contributed by atoms with Gasteiger partial charge in [0.05, 0.1) is 14.7 Å². The van der Waals surface area contributed by atoms with E-state index in [0.717, 1.165) is 0 Å². The predicted molar refractivity (Wildman–Crippen MR) is 54.9 cm³/mol. The van der Waals surface area contributed by atoms with Crippen molar-refractivity contribution in [3.05, 3.63) is 37.9 Å². The number of rotatable bonds is 2. The number of nitrogens with zero attached hydrogens (tertiary/aromatic N) is 1. The first-order chi connectivity index (χ1) is 6.27. The number of carbonyl (C=O) groups is 1. The SMILES string of the molecule is O=C(c1cscn1)c1ccc(Cl)s1.